The first-order chi connectivity index (χ1) is 12.4. The molecule has 1 aliphatic heterocycles. The van der Waals surface area contributed by atoms with E-state index in [1.807, 2.05) is 35.7 Å². The summed E-state index contributed by atoms with van der Waals surface area (Å²) in [5.74, 6) is -0.549. The number of hydrogen-bond donors (Lipinski definition) is 0. The van der Waals surface area contributed by atoms with Crippen molar-refractivity contribution in [2.45, 2.75) is 19.0 Å². The molecule has 0 spiro atoms. The van der Waals surface area contributed by atoms with Crippen molar-refractivity contribution in [3.8, 4) is 10.6 Å². The molecule has 1 atom stereocenters. The Kier molecular flexibility index (Phi) is 5.03. The highest BCUT2D eigenvalue weighted by Gasteiger charge is 2.42. The van der Waals surface area contributed by atoms with Crippen LogP contribution in [-0.4, -0.2) is 64.7 Å². The van der Waals surface area contributed by atoms with Crippen molar-refractivity contribution in [2.75, 3.05) is 21.1 Å². The summed E-state index contributed by atoms with van der Waals surface area (Å²) in [5, 5.41) is 2.83. The maximum absolute atomic E-state index is 12.5. The summed E-state index contributed by atoms with van der Waals surface area (Å²) < 4.78 is 0. The van der Waals surface area contributed by atoms with Gasteiger partial charge in [0.05, 0.1) is 18.7 Å². The van der Waals surface area contributed by atoms with Crippen LogP contribution >= 0.6 is 11.3 Å². The molecule has 0 N–H and O–H groups in total. The lowest BCUT2D eigenvalue weighted by atomic mass is 10.1. The highest BCUT2D eigenvalue weighted by Crippen LogP contribution is 2.24. The Bertz CT molecular complexity index is 836. The zero-order valence-electron chi connectivity index (χ0n) is 14.9. The Labute approximate surface area is 155 Å². The van der Waals surface area contributed by atoms with Crippen molar-refractivity contribution in [3.05, 3.63) is 41.4 Å². The quantitative estimate of drug-likeness (QED) is 0.753. The lowest BCUT2D eigenvalue weighted by Gasteiger charge is -2.20. The number of carbonyl (C=O) groups is 3. The number of nitrogens with zero attached hydrogens (tertiary/aromatic N) is 4. The second-order valence-corrected chi connectivity index (χ2v) is 7.13. The van der Waals surface area contributed by atoms with Crippen molar-refractivity contribution in [1.29, 1.82) is 0 Å². The van der Waals surface area contributed by atoms with Crippen molar-refractivity contribution in [3.63, 3.8) is 0 Å². The Morgan fingerprint density at radius 3 is 2.54 bits per heavy atom. The van der Waals surface area contributed by atoms with Crippen LogP contribution in [0.1, 0.15) is 12.1 Å². The summed E-state index contributed by atoms with van der Waals surface area (Å²) in [7, 11) is 4.64. The topological polar surface area (TPSA) is 73.8 Å². The van der Waals surface area contributed by atoms with Crippen LogP contribution in [0.3, 0.4) is 0 Å². The third kappa shape index (κ3) is 3.45. The van der Waals surface area contributed by atoms with Gasteiger partial charge in [0, 0.05) is 32.1 Å². The third-order valence-corrected chi connectivity index (χ3v) is 5.38. The van der Waals surface area contributed by atoms with Gasteiger partial charge < -0.3 is 9.80 Å². The van der Waals surface area contributed by atoms with Gasteiger partial charge >= 0.3 is 6.03 Å². The van der Waals surface area contributed by atoms with Gasteiger partial charge in [0.2, 0.25) is 5.91 Å². The van der Waals surface area contributed by atoms with Crippen molar-refractivity contribution in [1.82, 2.24) is 19.7 Å². The minimum absolute atomic E-state index is 0.0302. The fourth-order valence-corrected chi connectivity index (χ4v) is 3.64. The Morgan fingerprint density at radius 2 is 1.92 bits per heavy atom. The first-order valence-electron chi connectivity index (χ1n) is 8.16. The lowest BCUT2D eigenvalue weighted by Crippen LogP contribution is -2.38. The molecule has 0 bridgehead atoms. The van der Waals surface area contributed by atoms with Gasteiger partial charge in [-0.3, -0.25) is 14.5 Å². The Hall–Kier alpha value is -2.74. The summed E-state index contributed by atoms with van der Waals surface area (Å²) in [5.41, 5.74) is 1.83. The predicted octanol–water partition coefficient (Wildman–Crippen LogP) is 2.05. The maximum Gasteiger partial charge on any atom is 0.326 e. The van der Waals surface area contributed by atoms with Gasteiger partial charge in [0.25, 0.3) is 5.91 Å². The SMILES string of the molecule is CN(Cc1csc(-c2ccccc2)n1)C(=O)C[C@H]1C(=O)N(C)C(=O)N1C. The fourth-order valence-electron chi connectivity index (χ4n) is 2.82. The van der Waals surface area contributed by atoms with E-state index in [0.717, 1.165) is 21.2 Å². The third-order valence-electron chi connectivity index (χ3n) is 4.44. The van der Waals surface area contributed by atoms with E-state index in [9.17, 15) is 14.4 Å². The van der Waals surface area contributed by atoms with Gasteiger partial charge in [0.1, 0.15) is 11.0 Å². The van der Waals surface area contributed by atoms with E-state index in [2.05, 4.69) is 4.98 Å². The van der Waals surface area contributed by atoms with Gasteiger partial charge in [-0.25, -0.2) is 9.78 Å². The van der Waals surface area contributed by atoms with E-state index in [0.29, 0.717) is 6.54 Å². The molecule has 0 saturated carbocycles. The molecule has 136 valence electrons. The minimum Gasteiger partial charge on any atom is -0.340 e. The molecule has 0 radical (unpaired) electrons. The summed E-state index contributed by atoms with van der Waals surface area (Å²) in [6.07, 6.45) is -0.0302. The first kappa shape index (κ1) is 18.1. The number of urea groups is 1. The molecule has 1 saturated heterocycles. The summed E-state index contributed by atoms with van der Waals surface area (Å²) in [4.78, 5) is 44.8. The maximum atomic E-state index is 12.5. The van der Waals surface area contributed by atoms with Crippen molar-refractivity contribution < 1.29 is 14.4 Å². The van der Waals surface area contributed by atoms with E-state index in [-0.39, 0.29) is 24.3 Å². The number of benzene rings is 1. The van der Waals surface area contributed by atoms with Crippen LogP contribution in [0.15, 0.2) is 35.7 Å². The number of aromatic nitrogens is 1. The average Bonchev–Trinajstić information content (AvgIpc) is 3.18. The van der Waals surface area contributed by atoms with Crippen LogP contribution < -0.4 is 0 Å². The smallest absolute Gasteiger partial charge is 0.326 e. The monoisotopic (exact) mass is 372 g/mol. The van der Waals surface area contributed by atoms with Crippen LogP contribution in [-0.2, 0) is 16.1 Å². The van der Waals surface area contributed by atoms with E-state index < -0.39 is 6.04 Å². The van der Waals surface area contributed by atoms with E-state index in [1.165, 1.54) is 35.2 Å². The number of carbonyl (C=O) groups excluding carboxylic acids is 3. The molecule has 0 aliphatic carbocycles. The number of hydrogen-bond acceptors (Lipinski definition) is 5. The van der Waals surface area contributed by atoms with E-state index >= 15 is 0 Å². The van der Waals surface area contributed by atoms with Crippen LogP contribution in [0, 0.1) is 0 Å². The number of imide groups is 1. The molecule has 1 aliphatic rings. The van der Waals surface area contributed by atoms with Gasteiger partial charge in [-0.1, -0.05) is 30.3 Å². The molecular weight excluding hydrogens is 352 g/mol. The van der Waals surface area contributed by atoms with Gasteiger partial charge in [-0.2, -0.15) is 0 Å². The minimum atomic E-state index is -0.738. The van der Waals surface area contributed by atoms with Crippen LogP contribution in [0.2, 0.25) is 0 Å². The number of thiazole rings is 1. The average molecular weight is 372 g/mol. The van der Waals surface area contributed by atoms with Gasteiger partial charge in [0.15, 0.2) is 0 Å². The zero-order chi connectivity index (χ0) is 18.8. The van der Waals surface area contributed by atoms with Crippen LogP contribution in [0.4, 0.5) is 4.79 Å². The molecule has 3 rings (SSSR count). The molecule has 7 nitrogen and oxygen atoms in total. The molecule has 8 heteroatoms. The summed E-state index contributed by atoms with van der Waals surface area (Å²) in [6, 6.07) is 8.73. The van der Waals surface area contributed by atoms with E-state index in [1.54, 1.807) is 7.05 Å². The molecule has 1 fully saturated rings. The second kappa shape index (κ2) is 7.25. The largest absolute Gasteiger partial charge is 0.340 e. The molecule has 2 heterocycles. The normalized spacial score (nSPS) is 17.1. The fraction of sp³-hybridized carbons (Fsp3) is 0.333. The molecule has 1 aromatic heterocycles. The van der Waals surface area contributed by atoms with Gasteiger partial charge in [-0.05, 0) is 0 Å². The van der Waals surface area contributed by atoms with Crippen LogP contribution in [0.25, 0.3) is 10.6 Å². The molecule has 2 aromatic rings. The summed E-state index contributed by atoms with van der Waals surface area (Å²) in [6.45, 7) is 0.358. The number of amides is 4. The highest BCUT2D eigenvalue weighted by molar-refractivity contribution is 7.13. The molecule has 4 amide bonds. The van der Waals surface area contributed by atoms with Gasteiger partial charge in [-0.15, -0.1) is 11.3 Å². The van der Waals surface area contributed by atoms with E-state index in [4.69, 9.17) is 0 Å². The molecule has 26 heavy (non-hydrogen) atoms. The Balaban J connectivity index is 1.62. The molecule has 1 aromatic carbocycles. The highest BCUT2D eigenvalue weighted by atomic mass is 32.1. The lowest BCUT2D eigenvalue weighted by molar-refractivity contribution is -0.135. The Morgan fingerprint density at radius 1 is 1.23 bits per heavy atom. The van der Waals surface area contributed by atoms with Crippen molar-refractivity contribution >= 4 is 29.2 Å². The standard InChI is InChI=1S/C18H20N4O3S/c1-20(15(23)9-14-17(24)22(3)18(25)21(14)2)10-13-11-26-16(19-13)12-7-5-4-6-8-12/h4-8,11,14H,9-10H2,1-3H3/t14-/m0/s1. The van der Waals surface area contributed by atoms with Crippen molar-refractivity contribution in [2.24, 2.45) is 0 Å². The van der Waals surface area contributed by atoms with Crippen LogP contribution in [0.5, 0.6) is 0 Å². The number of likely N-dealkylation sites (N-methyl/N-ethyl adjacent to an activating group) is 2. The number of rotatable bonds is 5. The second-order valence-electron chi connectivity index (χ2n) is 6.27. The zero-order valence-corrected chi connectivity index (χ0v) is 15.7. The predicted molar refractivity (Wildman–Crippen MR) is 98.4 cm³/mol. The molecular formula is C18H20N4O3S. The molecule has 0 unspecified atom stereocenters. The first-order valence-corrected chi connectivity index (χ1v) is 9.04. The summed E-state index contributed by atoms with van der Waals surface area (Å²) >= 11 is 1.53.